The smallest absolute Gasteiger partial charge is 0.550 e. The summed E-state index contributed by atoms with van der Waals surface area (Å²) in [7, 11) is 0. The Morgan fingerprint density at radius 3 is 0.632 bits per heavy atom. The van der Waals surface area contributed by atoms with Crippen molar-refractivity contribution in [1.29, 1.82) is 0 Å². The van der Waals surface area contributed by atoms with Crippen LogP contribution >= 0.6 is 0 Å². The van der Waals surface area contributed by atoms with Crippen molar-refractivity contribution in [3.05, 3.63) is 0 Å². The van der Waals surface area contributed by atoms with Crippen molar-refractivity contribution in [2.24, 2.45) is 0 Å². The van der Waals surface area contributed by atoms with Crippen molar-refractivity contribution in [2.75, 3.05) is 0 Å². The van der Waals surface area contributed by atoms with E-state index in [2.05, 4.69) is 0 Å². The molecule has 0 unspecified atom stereocenters. The average molecular weight is 355 g/mol. The van der Waals surface area contributed by atoms with Gasteiger partial charge in [0.15, 0.2) is 5.78 Å². The molecule has 106 valence electrons. The van der Waals surface area contributed by atoms with Crippen LogP contribution in [0.25, 0.3) is 0 Å². The average Bonchev–Trinajstić information content (AvgIpc) is 1.99. The van der Waals surface area contributed by atoms with Gasteiger partial charge in [-0.15, -0.1) is 0 Å². The third kappa shape index (κ3) is 578. The van der Waals surface area contributed by atoms with E-state index in [1.807, 2.05) is 0 Å². The molecular formula is C9H12O9Zr. The quantitative estimate of drug-likeness (QED) is 0.415. The molecule has 0 aliphatic heterocycles. The molecule has 0 aromatic rings. The molecule has 0 spiro atoms. The third-order valence-corrected chi connectivity index (χ3v) is 0.287. The van der Waals surface area contributed by atoms with E-state index in [-0.39, 0.29) is 26.2 Å². The molecule has 0 heterocycles. The van der Waals surface area contributed by atoms with E-state index in [0.717, 1.165) is 27.7 Å². The van der Waals surface area contributed by atoms with Gasteiger partial charge in [-0.2, -0.15) is 0 Å². The fraction of sp³-hybridized carbons (Fsp3) is 0.444. The maximum absolute atomic E-state index is 9.48. The van der Waals surface area contributed by atoms with Gasteiger partial charge in [-0.3, -0.25) is 4.79 Å². The molecule has 0 aliphatic carbocycles. The van der Waals surface area contributed by atoms with Crippen LogP contribution in [0.15, 0.2) is 0 Å². The Labute approximate surface area is 128 Å². The monoisotopic (exact) mass is 354 g/mol. The molecule has 0 N–H and O–H groups in total. The first-order valence-electron chi connectivity index (χ1n) is 4.09. The van der Waals surface area contributed by atoms with Gasteiger partial charge in [-0.05, 0) is 20.8 Å². The topological polar surface area (TPSA) is 178 Å². The van der Waals surface area contributed by atoms with E-state index >= 15 is 0 Å². The predicted octanol–water partition coefficient (Wildman–Crippen LogP) is -5.41. The van der Waals surface area contributed by atoms with Gasteiger partial charge in [0.05, 0.1) is 0 Å². The molecule has 10 heteroatoms. The second-order valence-corrected chi connectivity index (χ2v) is 2.32. The Morgan fingerprint density at radius 2 is 0.632 bits per heavy atom. The standard InChI is InChI=1S/C3H4O3.3C2H4O2.Zr/c1-2(4)3(5)6;3*1-2(3)4;/h1H3,(H,5,6);3*1H3,(H,3,4);/q;;;;+4/p-4. The molecule has 0 saturated heterocycles. The zero-order chi connectivity index (χ0) is 15.9. The number of Topliss-reactive ketones (excluding diaryl/α,β-unsaturated/α-hetero) is 1. The number of ketones is 1. The number of carbonyl (C=O) groups is 5. The number of hydrogen-bond acceptors (Lipinski definition) is 9. The molecule has 9 nitrogen and oxygen atoms in total. The predicted molar refractivity (Wildman–Crippen MR) is 47.7 cm³/mol. The first-order valence-corrected chi connectivity index (χ1v) is 4.09. The number of hydrogen-bond donors (Lipinski definition) is 0. The van der Waals surface area contributed by atoms with Gasteiger partial charge in [0.25, 0.3) is 0 Å². The molecule has 0 saturated carbocycles. The van der Waals surface area contributed by atoms with Gasteiger partial charge in [0.2, 0.25) is 0 Å². The molecule has 0 bridgehead atoms. The summed E-state index contributed by atoms with van der Waals surface area (Å²) in [5, 5.41) is 35.9. The minimum Gasteiger partial charge on any atom is -0.550 e. The third-order valence-electron chi connectivity index (χ3n) is 0.287. The number of carboxylic acid groups (broad SMARTS) is 4. The van der Waals surface area contributed by atoms with E-state index in [1.165, 1.54) is 0 Å². The first kappa shape index (κ1) is 30.5. The Kier molecular flexibility index (Phi) is 34.8. The number of carboxylic acids is 4. The van der Waals surface area contributed by atoms with E-state index in [9.17, 15) is 14.7 Å². The van der Waals surface area contributed by atoms with Crippen molar-refractivity contribution in [2.45, 2.75) is 27.7 Å². The van der Waals surface area contributed by atoms with Crippen LogP contribution in [0.3, 0.4) is 0 Å². The van der Waals surface area contributed by atoms with E-state index in [1.54, 1.807) is 0 Å². The van der Waals surface area contributed by atoms with Crippen molar-refractivity contribution in [3.8, 4) is 0 Å². The second kappa shape index (κ2) is 21.7. The summed E-state index contributed by atoms with van der Waals surface area (Å²) < 4.78 is 0. The summed E-state index contributed by atoms with van der Waals surface area (Å²) in [6.07, 6.45) is 0. The summed E-state index contributed by atoms with van der Waals surface area (Å²) in [6.45, 7) is 3.86. The molecule has 0 aliphatic rings. The summed E-state index contributed by atoms with van der Waals surface area (Å²) >= 11 is 0. The van der Waals surface area contributed by atoms with Crippen LogP contribution < -0.4 is 20.4 Å². The van der Waals surface area contributed by atoms with Crippen LogP contribution in [0, 0.1) is 0 Å². The van der Waals surface area contributed by atoms with E-state index in [4.69, 9.17) is 29.7 Å². The normalized spacial score (nSPS) is 6.32. The summed E-state index contributed by atoms with van der Waals surface area (Å²) in [5.74, 6) is -5.81. The Hall–Kier alpha value is -1.57. The van der Waals surface area contributed by atoms with Crippen LogP contribution in [0.5, 0.6) is 0 Å². The Balaban J connectivity index is -0.0000000459. The maximum atomic E-state index is 9.48. The first-order chi connectivity index (χ1) is 7.84. The van der Waals surface area contributed by atoms with Gasteiger partial charge in [0, 0.05) is 24.8 Å². The van der Waals surface area contributed by atoms with Crippen LogP contribution in [-0.4, -0.2) is 29.7 Å². The van der Waals surface area contributed by atoms with Crippen molar-refractivity contribution in [3.63, 3.8) is 0 Å². The van der Waals surface area contributed by atoms with Gasteiger partial charge in [0.1, 0.15) is 5.97 Å². The molecule has 0 radical (unpaired) electrons. The van der Waals surface area contributed by atoms with Crippen LogP contribution in [0.1, 0.15) is 27.7 Å². The van der Waals surface area contributed by atoms with Crippen LogP contribution in [0.4, 0.5) is 0 Å². The van der Waals surface area contributed by atoms with Crippen molar-refractivity contribution < 1.29 is 70.6 Å². The van der Waals surface area contributed by atoms with Gasteiger partial charge >= 0.3 is 26.2 Å². The summed E-state index contributed by atoms with van der Waals surface area (Å²) in [4.78, 5) is 45.4. The number of aliphatic carboxylic acids is 4. The zero-order valence-corrected chi connectivity index (χ0v) is 13.1. The van der Waals surface area contributed by atoms with Crippen LogP contribution in [-0.2, 0) is 50.2 Å². The number of carbonyl (C=O) groups excluding carboxylic acids is 5. The van der Waals surface area contributed by atoms with Crippen molar-refractivity contribution >= 4 is 29.7 Å². The molecule has 19 heavy (non-hydrogen) atoms. The Bertz CT molecular complexity index is 246. The fourth-order valence-corrected chi connectivity index (χ4v) is 0. The fourth-order valence-electron chi connectivity index (χ4n) is 0. The molecule has 0 rings (SSSR count). The molecule has 0 aromatic heterocycles. The summed E-state index contributed by atoms with van der Waals surface area (Å²) in [6, 6.07) is 0. The Morgan fingerprint density at radius 1 is 0.579 bits per heavy atom. The molecule has 0 aromatic carbocycles. The number of rotatable bonds is 1. The summed E-state index contributed by atoms with van der Waals surface area (Å²) in [5.41, 5.74) is 0. The molecule has 0 atom stereocenters. The zero-order valence-electron chi connectivity index (χ0n) is 10.7. The minimum absolute atomic E-state index is 0. The second-order valence-electron chi connectivity index (χ2n) is 2.32. The molecule has 0 fully saturated rings. The SMILES string of the molecule is CC(=O)C(=O)[O-].CC(=O)[O-].CC(=O)[O-].CC(=O)[O-].[Zr+4]. The maximum Gasteiger partial charge on any atom is 4.00 e. The minimum atomic E-state index is -1.63. The van der Waals surface area contributed by atoms with E-state index < -0.39 is 29.7 Å². The van der Waals surface area contributed by atoms with E-state index in [0.29, 0.717) is 0 Å². The van der Waals surface area contributed by atoms with Gasteiger partial charge in [-0.25, -0.2) is 0 Å². The van der Waals surface area contributed by atoms with Gasteiger partial charge in [-0.1, -0.05) is 0 Å². The molecule has 0 amide bonds. The largest absolute Gasteiger partial charge is 4.00 e. The van der Waals surface area contributed by atoms with Crippen molar-refractivity contribution in [1.82, 2.24) is 0 Å². The van der Waals surface area contributed by atoms with Crippen LogP contribution in [0.2, 0.25) is 0 Å². The molecular weight excluding hydrogens is 343 g/mol. The van der Waals surface area contributed by atoms with Gasteiger partial charge < -0.3 is 39.6 Å².